The van der Waals surface area contributed by atoms with E-state index in [0.29, 0.717) is 26.3 Å². The van der Waals surface area contributed by atoms with E-state index in [1.54, 1.807) is 11.0 Å². The molecule has 1 aliphatic heterocycles. The van der Waals surface area contributed by atoms with Gasteiger partial charge in [0.2, 0.25) is 5.91 Å². The van der Waals surface area contributed by atoms with Crippen LogP contribution in [0.4, 0.5) is 5.82 Å². The summed E-state index contributed by atoms with van der Waals surface area (Å²) in [5, 5.41) is 12.0. The first-order valence-electron chi connectivity index (χ1n) is 7.27. The fourth-order valence-electron chi connectivity index (χ4n) is 2.41. The van der Waals surface area contributed by atoms with Crippen molar-refractivity contribution in [2.24, 2.45) is 14.1 Å². The lowest BCUT2D eigenvalue weighted by molar-refractivity contribution is -0.134. The van der Waals surface area contributed by atoms with Gasteiger partial charge in [-0.1, -0.05) is 0 Å². The summed E-state index contributed by atoms with van der Waals surface area (Å²) < 4.78 is 7.26. The third-order valence-corrected chi connectivity index (χ3v) is 3.77. The molecule has 1 aromatic rings. The summed E-state index contributed by atoms with van der Waals surface area (Å²) in [6.07, 6.45) is 0.203. The fourth-order valence-corrected chi connectivity index (χ4v) is 2.41. The normalized spacial score (nSPS) is 14.4. The van der Waals surface area contributed by atoms with E-state index in [-0.39, 0.29) is 30.3 Å². The van der Waals surface area contributed by atoms with E-state index in [9.17, 15) is 14.4 Å². The molecule has 0 aromatic carbocycles. The molecule has 0 saturated carbocycles. The zero-order valence-corrected chi connectivity index (χ0v) is 13.2. The largest absolute Gasteiger partial charge is 0.378 e. The Morgan fingerprint density at radius 3 is 2.52 bits per heavy atom. The van der Waals surface area contributed by atoms with Gasteiger partial charge in [-0.25, -0.2) is 4.79 Å². The standard InChI is InChI=1S/C14H19N5O4/c1-17-12(10(9-15)13(21)18(2)14(17)22)16-4-3-11(20)19-5-7-23-8-6-19/h16H,3-8H2,1-2H3. The predicted octanol–water partition coefficient (Wildman–Crippen LogP) is -1.38. The van der Waals surface area contributed by atoms with Crippen molar-refractivity contribution in [2.75, 3.05) is 38.2 Å². The van der Waals surface area contributed by atoms with Crippen molar-refractivity contribution in [1.29, 1.82) is 5.26 Å². The van der Waals surface area contributed by atoms with Gasteiger partial charge in [-0.15, -0.1) is 0 Å². The van der Waals surface area contributed by atoms with Crippen molar-refractivity contribution in [1.82, 2.24) is 14.0 Å². The van der Waals surface area contributed by atoms with E-state index in [1.807, 2.05) is 0 Å². The number of rotatable bonds is 4. The molecule has 9 nitrogen and oxygen atoms in total. The van der Waals surface area contributed by atoms with Crippen LogP contribution in [-0.4, -0.2) is 52.8 Å². The zero-order valence-electron chi connectivity index (χ0n) is 13.2. The number of carbonyl (C=O) groups excluding carboxylic acids is 1. The molecule has 2 rings (SSSR count). The number of morpholine rings is 1. The monoisotopic (exact) mass is 321 g/mol. The van der Waals surface area contributed by atoms with Gasteiger partial charge in [-0.2, -0.15) is 5.26 Å². The summed E-state index contributed by atoms with van der Waals surface area (Å²) in [5.41, 5.74) is -1.33. The molecule has 1 aromatic heterocycles. The van der Waals surface area contributed by atoms with Gasteiger partial charge in [-0.05, 0) is 0 Å². The second-order valence-electron chi connectivity index (χ2n) is 5.21. The molecule has 1 fully saturated rings. The summed E-state index contributed by atoms with van der Waals surface area (Å²) in [4.78, 5) is 37.6. The van der Waals surface area contributed by atoms with Gasteiger partial charge in [0.15, 0.2) is 5.56 Å². The summed E-state index contributed by atoms with van der Waals surface area (Å²) in [6.45, 7) is 2.41. The van der Waals surface area contributed by atoms with Gasteiger partial charge in [0.25, 0.3) is 5.56 Å². The van der Waals surface area contributed by atoms with Crippen LogP contribution in [0.15, 0.2) is 9.59 Å². The fraction of sp³-hybridized carbons (Fsp3) is 0.571. The average Bonchev–Trinajstić information content (AvgIpc) is 2.58. The highest BCUT2D eigenvalue weighted by atomic mass is 16.5. The predicted molar refractivity (Wildman–Crippen MR) is 82.1 cm³/mol. The van der Waals surface area contributed by atoms with Gasteiger partial charge in [0.1, 0.15) is 11.9 Å². The van der Waals surface area contributed by atoms with Crippen LogP contribution in [0.3, 0.4) is 0 Å². The van der Waals surface area contributed by atoms with Crippen LogP contribution in [0.1, 0.15) is 12.0 Å². The van der Waals surface area contributed by atoms with Gasteiger partial charge >= 0.3 is 5.69 Å². The maximum atomic E-state index is 12.0. The van der Waals surface area contributed by atoms with E-state index in [1.165, 1.54) is 18.7 Å². The first-order chi connectivity index (χ1) is 11.0. The molecule has 1 aliphatic rings. The SMILES string of the molecule is Cn1c(NCCC(=O)N2CCOCC2)c(C#N)c(=O)n(C)c1=O. The van der Waals surface area contributed by atoms with E-state index >= 15 is 0 Å². The Hall–Kier alpha value is -2.60. The molecule has 1 amide bonds. The second kappa shape index (κ2) is 7.11. The van der Waals surface area contributed by atoms with Crippen molar-refractivity contribution < 1.29 is 9.53 Å². The lowest BCUT2D eigenvalue weighted by atomic mass is 10.3. The third-order valence-electron chi connectivity index (χ3n) is 3.77. The Morgan fingerprint density at radius 1 is 1.26 bits per heavy atom. The van der Waals surface area contributed by atoms with Crippen LogP contribution in [0.5, 0.6) is 0 Å². The number of anilines is 1. The number of aromatic nitrogens is 2. The highest BCUT2D eigenvalue weighted by molar-refractivity contribution is 5.76. The number of hydrogen-bond donors (Lipinski definition) is 1. The van der Waals surface area contributed by atoms with Gasteiger partial charge < -0.3 is 15.0 Å². The molecule has 0 atom stereocenters. The molecule has 0 spiro atoms. The number of nitrogens with zero attached hydrogens (tertiary/aromatic N) is 4. The lowest BCUT2D eigenvalue weighted by Gasteiger charge is -2.27. The molecule has 0 bridgehead atoms. The molecule has 0 radical (unpaired) electrons. The third kappa shape index (κ3) is 3.43. The molecule has 1 N–H and O–H groups in total. The maximum absolute atomic E-state index is 12.0. The van der Waals surface area contributed by atoms with Crippen molar-refractivity contribution in [3.05, 3.63) is 26.4 Å². The minimum Gasteiger partial charge on any atom is -0.378 e. The van der Waals surface area contributed by atoms with Crippen molar-refractivity contribution in [3.63, 3.8) is 0 Å². The van der Waals surface area contributed by atoms with E-state index < -0.39 is 11.2 Å². The van der Waals surface area contributed by atoms with E-state index in [2.05, 4.69) is 5.32 Å². The molecule has 23 heavy (non-hydrogen) atoms. The minimum atomic E-state index is -0.655. The summed E-state index contributed by atoms with van der Waals surface area (Å²) in [5.74, 6) is 0.100. The van der Waals surface area contributed by atoms with Crippen LogP contribution in [0.2, 0.25) is 0 Å². The Morgan fingerprint density at radius 2 is 1.91 bits per heavy atom. The molecule has 1 saturated heterocycles. The van der Waals surface area contributed by atoms with Gasteiger partial charge in [0, 0.05) is 40.2 Å². The lowest BCUT2D eigenvalue weighted by Crippen LogP contribution is -2.42. The average molecular weight is 321 g/mol. The highest BCUT2D eigenvalue weighted by Crippen LogP contribution is 2.07. The Balaban J connectivity index is 2.09. The number of hydrogen-bond acceptors (Lipinski definition) is 6. The number of nitrogens with one attached hydrogen (secondary N) is 1. The molecule has 9 heteroatoms. The molecule has 0 aliphatic carbocycles. The van der Waals surface area contributed by atoms with Crippen LogP contribution >= 0.6 is 0 Å². The van der Waals surface area contributed by atoms with Crippen molar-refractivity contribution in [2.45, 2.75) is 6.42 Å². The summed E-state index contributed by atoms with van der Waals surface area (Å²) >= 11 is 0. The molecule has 124 valence electrons. The van der Waals surface area contributed by atoms with Crippen molar-refractivity contribution >= 4 is 11.7 Å². The number of amides is 1. The smallest absolute Gasteiger partial charge is 0.332 e. The number of nitriles is 1. The molecule has 0 unspecified atom stereocenters. The first-order valence-corrected chi connectivity index (χ1v) is 7.27. The van der Waals surface area contributed by atoms with Crippen LogP contribution in [0.25, 0.3) is 0 Å². The zero-order chi connectivity index (χ0) is 17.0. The number of ether oxygens (including phenoxy) is 1. The van der Waals surface area contributed by atoms with Crippen LogP contribution in [0, 0.1) is 11.3 Å². The summed E-state index contributed by atoms with van der Waals surface area (Å²) in [7, 11) is 2.78. The second-order valence-corrected chi connectivity index (χ2v) is 5.21. The Kier molecular flexibility index (Phi) is 5.18. The first kappa shape index (κ1) is 16.8. The maximum Gasteiger partial charge on any atom is 0.332 e. The topological polar surface area (TPSA) is 109 Å². The van der Waals surface area contributed by atoms with E-state index in [0.717, 1.165) is 4.57 Å². The molecule has 2 heterocycles. The van der Waals surface area contributed by atoms with Crippen LogP contribution in [-0.2, 0) is 23.6 Å². The quantitative estimate of drug-likeness (QED) is 0.732. The summed E-state index contributed by atoms with van der Waals surface area (Å²) in [6, 6.07) is 1.81. The Labute approximate surface area is 132 Å². The minimum absolute atomic E-state index is 0.0341. The highest BCUT2D eigenvalue weighted by Gasteiger charge is 2.18. The Bertz CT molecular complexity index is 752. The van der Waals surface area contributed by atoms with Gasteiger partial charge in [0.05, 0.1) is 13.2 Å². The van der Waals surface area contributed by atoms with E-state index in [4.69, 9.17) is 10.00 Å². The van der Waals surface area contributed by atoms with Crippen molar-refractivity contribution in [3.8, 4) is 6.07 Å². The number of carbonyl (C=O) groups is 1. The molecular weight excluding hydrogens is 302 g/mol. The van der Waals surface area contributed by atoms with Crippen LogP contribution < -0.4 is 16.6 Å². The van der Waals surface area contributed by atoms with Gasteiger partial charge in [-0.3, -0.25) is 18.7 Å². The molecular formula is C14H19N5O4.